The molecule has 0 heterocycles. The average molecular weight is 160 g/mol. The van der Waals surface area contributed by atoms with Crippen LogP contribution in [-0.4, -0.2) is 17.9 Å². The van der Waals surface area contributed by atoms with Crippen LogP contribution < -0.4 is 0 Å². The second-order valence-corrected chi connectivity index (χ2v) is 2.70. The van der Waals surface area contributed by atoms with Crippen LogP contribution in [0.3, 0.4) is 0 Å². The number of carbonyl (C=O) groups is 1. The van der Waals surface area contributed by atoms with E-state index in [9.17, 15) is 4.79 Å². The van der Waals surface area contributed by atoms with Crippen molar-refractivity contribution in [2.24, 2.45) is 5.92 Å². The monoisotopic (exact) mass is 160 g/mol. The average Bonchev–Trinajstić information content (AvgIpc) is 1.87. The third-order valence-corrected chi connectivity index (χ3v) is 1.23. The van der Waals surface area contributed by atoms with Crippen molar-refractivity contribution >= 4 is 23.6 Å². The SMILES string of the molecule is CC(C)CCOC(=O)C=S. The molecule has 0 saturated carbocycles. The Labute approximate surface area is 66.6 Å². The van der Waals surface area contributed by atoms with Crippen LogP contribution in [0.5, 0.6) is 0 Å². The molecule has 0 atom stereocenters. The van der Waals surface area contributed by atoms with E-state index >= 15 is 0 Å². The lowest BCUT2D eigenvalue weighted by Gasteiger charge is -2.02. The van der Waals surface area contributed by atoms with E-state index in [-0.39, 0.29) is 0 Å². The van der Waals surface area contributed by atoms with Crippen molar-refractivity contribution in [3.63, 3.8) is 0 Å². The zero-order chi connectivity index (χ0) is 7.98. The summed E-state index contributed by atoms with van der Waals surface area (Å²) in [5, 5.41) is 1.01. The topological polar surface area (TPSA) is 26.3 Å². The minimum atomic E-state index is -0.407. The quantitative estimate of drug-likeness (QED) is 0.461. The molecule has 3 heteroatoms. The first-order valence-corrected chi connectivity index (χ1v) is 3.76. The van der Waals surface area contributed by atoms with Gasteiger partial charge in [-0.2, -0.15) is 0 Å². The van der Waals surface area contributed by atoms with Gasteiger partial charge in [-0.25, -0.2) is 4.79 Å². The number of hydrogen-bond donors (Lipinski definition) is 0. The molecule has 0 aromatic carbocycles. The standard InChI is InChI=1S/C7H12O2S/c1-6(2)3-4-9-7(8)5-10/h5-6H,3-4H2,1-2H3. The smallest absolute Gasteiger partial charge is 0.341 e. The summed E-state index contributed by atoms with van der Waals surface area (Å²) in [7, 11) is 0. The van der Waals surface area contributed by atoms with E-state index in [0.29, 0.717) is 12.5 Å². The van der Waals surface area contributed by atoms with Gasteiger partial charge in [0, 0.05) is 0 Å². The lowest BCUT2D eigenvalue weighted by Crippen LogP contribution is -2.07. The molecular weight excluding hydrogens is 148 g/mol. The summed E-state index contributed by atoms with van der Waals surface area (Å²) in [5.74, 6) is 0.161. The van der Waals surface area contributed by atoms with Crippen molar-refractivity contribution in [1.29, 1.82) is 0 Å². The zero-order valence-corrected chi connectivity index (χ0v) is 7.11. The zero-order valence-electron chi connectivity index (χ0n) is 6.29. The fourth-order valence-electron chi connectivity index (χ4n) is 0.429. The molecule has 0 amide bonds. The van der Waals surface area contributed by atoms with Crippen LogP contribution in [0.2, 0.25) is 0 Å². The Kier molecular flexibility index (Phi) is 5.12. The van der Waals surface area contributed by atoms with Gasteiger partial charge in [0.25, 0.3) is 0 Å². The predicted molar refractivity (Wildman–Crippen MR) is 44.1 cm³/mol. The molecule has 0 radical (unpaired) electrons. The van der Waals surface area contributed by atoms with Gasteiger partial charge in [-0.1, -0.05) is 26.1 Å². The van der Waals surface area contributed by atoms with Crippen molar-refractivity contribution in [1.82, 2.24) is 0 Å². The minimum Gasteiger partial charge on any atom is -0.462 e. The molecule has 2 nitrogen and oxygen atoms in total. The van der Waals surface area contributed by atoms with Crippen LogP contribution in [0, 0.1) is 5.92 Å². The van der Waals surface area contributed by atoms with Crippen molar-refractivity contribution < 1.29 is 9.53 Å². The molecule has 0 rings (SSSR count). The van der Waals surface area contributed by atoms with Crippen LogP contribution >= 0.6 is 12.2 Å². The van der Waals surface area contributed by atoms with Crippen molar-refractivity contribution in [2.45, 2.75) is 20.3 Å². The molecule has 0 saturated heterocycles. The van der Waals surface area contributed by atoms with Gasteiger partial charge in [0.1, 0.15) is 0 Å². The number of esters is 1. The van der Waals surface area contributed by atoms with Gasteiger partial charge in [-0.3, -0.25) is 0 Å². The summed E-state index contributed by atoms with van der Waals surface area (Å²) in [4.78, 5) is 10.4. The van der Waals surface area contributed by atoms with E-state index in [1.165, 1.54) is 0 Å². The summed E-state index contributed by atoms with van der Waals surface area (Å²) >= 11 is 4.35. The first-order valence-electron chi connectivity index (χ1n) is 3.28. The van der Waals surface area contributed by atoms with Gasteiger partial charge in [-0.15, -0.1) is 0 Å². The number of carbonyl (C=O) groups excluding carboxylic acids is 1. The second-order valence-electron chi connectivity index (χ2n) is 2.47. The fourth-order valence-corrected chi connectivity index (χ4v) is 0.497. The predicted octanol–water partition coefficient (Wildman–Crippen LogP) is 1.58. The minimum absolute atomic E-state index is 0.407. The molecule has 0 aliphatic rings. The summed E-state index contributed by atoms with van der Waals surface area (Å²) < 4.78 is 4.70. The first-order chi connectivity index (χ1) is 4.66. The first kappa shape index (κ1) is 9.56. The Balaban J connectivity index is 3.19. The van der Waals surface area contributed by atoms with E-state index in [1.54, 1.807) is 0 Å². The van der Waals surface area contributed by atoms with Crippen LogP contribution in [-0.2, 0) is 9.53 Å². The van der Waals surface area contributed by atoms with E-state index < -0.39 is 5.97 Å². The molecule has 0 bridgehead atoms. The van der Waals surface area contributed by atoms with Crippen molar-refractivity contribution in [3.05, 3.63) is 0 Å². The second kappa shape index (κ2) is 5.35. The molecule has 0 unspecified atom stereocenters. The lowest BCUT2D eigenvalue weighted by molar-refractivity contribution is -0.135. The van der Waals surface area contributed by atoms with E-state index in [2.05, 4.69) is 26.1 Å². The van der Waals surface area contributed by atoms with Crippen molar-refractivity contribution in [2.75, 3.05) is 6.61 Å². The van der Waals surface area contributed by atoms with Crippen LogP contribution in [0.4, 0.5) is 0 Å². The molecule has 0 spiro atoms. The number of ether oxygens (including phenoxy) is 1. The fraction of sp³-hybridized carbons (Fsp3) is 0.714. The molecule has 10 heavy (non-hydrogen) atoms. The Morgan fingerprint density at radius 1 is 1.70 bits per heavy atom. The number of hydrogen-bond acceptors (Lipinski definition) is 3. The third kappa shape index (κ3) is 5.69. The molecule has 0 fully saturated rings. The maximum atomic E-state index is 10.4. The Hall–Kier alpha value is -0.440. The van der Waals surface area contributed by atoms with Gasteiger partial charge in [0.2, 0.25) is 0 Å². The molecule has 0 N–H and O–H groups in total. The van der Waals surface area contributed by atoms with E-state index in [4.69, 9.17) is 4.74 Å². The summed E-state index contributed by atoms with van der Waals surface area (Å²) in [6.45, 7) is 4.63. The van der Waals surface area contributed by atoms with Gasteiger partial charge in [0.15, 0.2) is 0 Å². The highest BCUT2D eigenvalue weighted by molar-refractivity contribution is 7.80. The summed E-state index contributed by atoms with van der Waals surface area (Å²) in [6, 6.07) is 0. The van der Waals surface area contributed by atoms with Gasteiger partial charge in [-0.05, 0) is 12.3 Å². The molecular formula is C7H12O2S. The molecule has 0 aromatic rings. The molecule has 0 aliphatic heterocycles. The third-order valence-electron chi connectivity index (χ3n) is 1.04. The van der Waals surface area contributed by atoms with E-state index in [1.807, 2.05) is 0 Å². The maximum absolute atomic E-state index is 10.4. The normalized spacial score (nSPS) is 9.50. The summed E-state index contributed by atoms with van der Waals surface area (Å²) in [5.41, 5.74) is 0. The summed E-state index contributed by atoms with van der Waals surface area (Å²) in [6.07, 6.45) is 0.898. The number of thiocarbonyl (C=S) groups is 1. The lowest BCUT2D eigenvalue weighted by atomic mass is 10.1. The van der Waals surface area contributed by atoms with Crippen LogP contribution in [0.25, 0.3) is 0 Å². The van der Waals surface area contributed by atoms with E-state index in [0.717, 1.165) is 11.8 Å². The van der Waals surface area contributed by atoms with Gasteiger partial charge in [0.05, 0.1) is 12.0 Å². The Morgan fingerprint density at radius 2 is 2.30 bits per heavy atom. The van der Waals surface area contributed by atoms with Crippen LogP contribution in [0.15, 0.2) is 0 Å². The Bertz CT molecular complexity index is 121. The van der Waals surface area contributed by atoms with Crippen molar-refractivity contribution in [3.8, 4) is 0 Å². The Morgan fingerprint density at radius 3 is 2.70 bits per heavy atom. The van der Waals surface area contributed by atoms with Crippen LogP contribution in [0.1, 0.15) is 20.3 Å². The highest BCUT2D eigenvalue weighted by atomic mass is 32.1. The molecule has 0 aliphatic carbocycles. The maximum Gasteiger partial charge on any atom is 0.341 e. The highest BCUT2D eigenvalue weighted by Crippen LogP contribution is 1.98. The highest BCUT2D eigenvalue weighted by Gasteiger charge is 1.97. The van der Waals surface area contributed by atoms with Gasteiger partial charge >= 0.3 is 5.97 Å². The molecule has 0 aromatic heterocycles. The van der Waals surface area contributed by atoms with Gasteiger partial charge < -0.3 is 4.74 Å². The molecule has 58 valence electrons. The number of rotatable bonds is 4. The largest absolute Gasteiger partial charge is 0.462 e.